The Hall–Kier alpha value is -2.33. The summed E-state index contributed by atoms with van der Waals surface area (Å²) in [6.45, 7) is 2.36. The van der Waals surface area contributed by atoms with Crippen molar-refractivity contribution < 1.29 is 19.0 Å². The fraction of sp³-hybridized carbons (Fsp3) is 0.318. The highest BCUT2D eigenvalue weighted by molar-refractivity contribution is 6.31. The molecule has 1 aliphatic carbocycles. The highest BCUT2D eigenvalue weighted by Gasteiger charge is 2.19. The van der Waals surface area contributed by atoms with Crippen LogP contribution >= 0.6 is 11.6 Å². The number of hydrogen-bond donors (Lipinski definition) is 1. The van der Waals surface area contributed by atoms with Gasteiger partial charge in [-0.2, -0.15) is 0 Å². The molecule has 0 spiro atoms. The van der Waals surface area contributed by atoms with Gasteiger partial charge in [-0.05, 0) is 73.6 Å². The second-order valence-electron chi connectivity index (χ2n) is 6.85. The van der Waals surface area contributed by atoms with Gasteiger partial charge in [0.15, 0.2) is 0 Å². The maximum absolute atomic E-state index is 14.3. The molecule has 3 nitrogen and oxygen atoms in total. The van der Waals surface area contributed by atoms with Crippen molar-refractivity contribution >= 4 is 23.1 Å². The van der Waals surface area contributed by atoms with Gasteiger partial charge in [0.2, 0.25) is 0 Å². The summed E-state index contributed by atoms with van der Waals surface area (Å²) in [5.74, 6) is -0.418. The Morgan fingerprint density at radius 3 is 2.78 bits per heavy atom. The molecule has 2 aromatic carbocycles. The van der Waals surface area contributed by atoms with Crippen molar-refractivity contribution in [2.75, 3.05) is 6.61 Å². The van der Waals surface area contributed by atoms with Crippen molar-refractivity contribution in [3.63, 3.8) is 0 Å². The zero-order chi connectivity index (χ0) is 19.4. The normalized spacial score (nSPS) is 13.9. The van der Waals surface area contributed by atoms with E-state index in [1.54, 1.807) is 24.3 Å². The number of rotatable bonds is 7. The number of aliphatic carboxylic acids is 1. The summed E-state index contributed by atoms with van der Waals surface area (Å²) in [7, 11) is 0. The molecular formula is C22H22ClFO3. The van der Waals surface area contributed by atoms with Crippen molar-refractivity contribution in [3.8, 4) is 5.75 Å². The number of carboxylic acids is 1. The third kappa shape index (κ3) is 4.89. The van der Waals surface area contributed by atoms with E-state index in [1.165, 1.54) is 6.07 Å². The van der Waals surface area contributed by atoms with E-state index in [0.29, 0.717) is 29.4 Å². The minimum Gasteiger partial charge on any atom is -0.489 e. The molecule has 0 heterocycles. The molecule has 2 aromatic rings. The fourth-order valence-corrected chi connectivity index (χ4v) is 3.66. The van der Waals surface area contributed by atoms with Gasteiger partial charge in [-0.15, -0.1) is 0 Å². The fourth-order valence-electron chi connectivity index (χ4n) is 3.39. The monoisotopic (exact) mass is 388 g/mol. The van der Waals surface area contributed by atoms with Gasteiger partial charge in [0.05, 0.1) is 0 Å². The Balaban J connectivity index is 1.72. The Kier molecular flexibility index (Phi) is 6.17. The van der Waals surface area contributed by atoms with E-state index in [2.05, 4.69) is 0 Å². The molecule has 0 amide bonds. The molecule has 0 saturated carbocycles. The van der Waals surface area contributed by atoms with E-state index in [1.807, 2.05) is 13.0 Å². The highest BCUT2D eigenvalue weighted by atomic mass is 35.5. The average molecular weight is 389 g/mol. The van der Waals surface area contributed by atoms with Gasteiger partial charge in [0.1, 0.15) is 18.2 Å². The summed E-state index contributed by atoms with van der Waals surface area (Å²) in [5, 5.41) is 9.28. The maximum atomic E-state index is 14.3. The molecule has 0 unspecified atom stereocenters. The van der Waals surface area contributed by atoms with Gasteiger partial charge in [-0.3, -0.25) is 4.79 Å². The van der Waals surface area contributed by atoms with E-state index < -0.39 is 5.97 Å². The molecule has 0 aliphatic heterocycles. The SMILES string of the molecule is Cc1ccc(F)c(C2=C(COc3ccc(CCC(=O)O)c(Cl)c3)CCC2)c1. The number of carboxylic acid groups (broad SMARTS) is 1. The number of benzene rings is 2. The van der Waals surface area contributed by atoms with Gasteiger partial charge < -0.3 is 9.84 Å². The summed E-state index contributed by atoms with van der Waals surface area (Å²) >= 11 is 6.24. The van der Waals surface area contributed by atoms with Crippen LogP contribution in [0.4, 0.5) is 4.39 Å². The summed E-state index contributed by atoms with van der Waals surface area (Å²) in [4.78, 5) is 10.7. The number of carbonyl (C=O) groups is 1. The minimum atomic E-state index is -0.851. The molecule has 0 radical (unpaired) electrons. The zero-order valence-electron chi connectivity index (χ0n) is 15.2. The van der Waals surface area contributed by atoms with Gasteiger partial charge in [0.25, 0.3) is 0 Å². The lowest BCUT2D eigenvalue weighted by molar-refractivity contribution is -0.136. The standard InChI is InChI=1S/C22H22ClFO3/c1-14-5-9-21(24)19(11-14)18-4-2-3-16(18)13-27-17-8-6-15(20(23)12-17)7-10-22(25)26/h5-6,8-9,11-12H,2-4,7,10,13H2,1H3,(H,25,26). The highest BCUT2D eigenvalue weighted by Crippen LogP contribution is 2.36. The summed E-state index contributed by atoms with van der Waals surface area (Å²) in [6.07, 6.45) is 3.17. The Labute approximate surface area is 163 Å². The first-order valence-corrected chi connectivity index (χ1v) is 9.42. The number of aryl methyl sites for hydroxylation is 2. The first kappa shape index (κ1) is 19.4. The van der Waals surface area contributed by atoms with Crippen molar-refractivity contribution in [2.24, 2.45) is 0 Å². The molecule has 1 aliphatic rings. The molecule has 0 atom stereocenters. The molecule has 142 valence electrons. The van der Waals surface area contributed by atoms with Crippen molar-refractivity contribution in [2.45, 2.75) is 39.0 Å². The van der Waals surface area contributed by atoms with Crippen LogP contribution in [-0.4, -0.2) is 17.7 Å². The first-order chi connectivity index (χ1) is 12.9. The van der Waals surface area contributed by atoms with Gasteiger partial charge in [0, 0.05) is 17.0 Å². The van der Waals surface area contributed by atoms with Gasteiger partial charge >= 0.3 is 5.97 Å². The predicted molar refractivity (Wildman–Crippen MR) is 105 cm³/mol. The molecule has 5 heteroatoms. The van der Waals surface area contributed by atoms with E-state index in [0.717, 1.165) is 41.5 Å². The van der Waals surface area contributed by atoms with Crippen molar-refractivity contribution in [1.29, 1.82) is 0 Å². The molecule has 0 saturated heterocycles. The van der Waals surface area contributed by atoms with Gasteiger partial charge in [-0.25, -0.2) is 4.39 Å². The molecule has 0 bridgehead atoms. The Morgan fingerprint density at radius 1 is 1.22 bits per heavy atom. The molecule has 0 fully saturated rings. The molecular weight excluding hydrogens is 367 g/mol. The number of halogens is 2. The minimum absolute atomic E-state index is 0.0399. The lowest BCUT2D eigenvalue weighted by atomic mass is 10.00. The first-order valence-electron chi connectivity index (χ1n) is 9.04. The van der Waals surface area contributed by atoms with Crippen molar-refractivity contribution in [3.05, 3.63) is 69.5 Å². The van der Waals surface area contributed by atoms with Crippen LogP contribution in [-0.2, 0) is 11.2 Å². The third-order valence-corrected chi connectivity index (χ3v) is 5.18. The maximum Gasteiger partial charge on any atom is 0.303 e. The Bertz CT molecular complexity index is 889. The third-order valence-electron chi connectivity index (χ3n) is 4.82. The second kappa shape index (κ2) is 8.57. The van der Waals surface area contributed by atoms with Crippen LogP contribution in [0.15, 0.2) is 42.0 Å². The zero-order valence-corrected chi connectivity index (χ0v) is 16.0. The van der Waals surface area contributed by atoms with Gasteiger partial charge in [-0.1, -0.05) is 29.3 Å². The van der Waals surface area contributed by atoms with Crippen LogP contribution in [0.5, 0.6) is 5.75 Å². The van der Waals surface area contributed by atoms with E-state index in [4.69, 9.17) is 21.4 Å². The van der Waals surface area contributed by atoms with Crippen LogP contribution in [0.1, 0.15) is 42.4 Å². The molecule has 3 rings (SSSR count). The molecule has 27 heavy (non-hydrogen) atoms. The number of hydrogen-bond acceptors (Lipinski definition) is 2. The number of ether oxygens (including phenoxy) is 1. The molecule has 1 N–H and O–H groups in total. The van der Waals surface area contributed by atoms with Crippen molar-refractivity contribution in [1.82, 2.24) is 0 Å². The van der Waals surface area contributed by atoms with Crippen LogP contribution < -0.4 is 4.74 Å². The summed E-state index contributed by atoms with van der Waals surface area (Å²) < 4.78 is 20.1. The summed E-state index contributed by atoms with van der Waals surface area (Å²) in [6, 6.07) is 10.5. The molecule has 0 aromatic heterocycles. The van der Waals surface area contributed by atoms with E-state index in [9.17, 15) is 9.18 Å². The van der Waals surface area contributed by atoms with Crippen LogP contribution in [0.3, 0.4) is 0 Å². The van der Waals surface area contributed by atoms with Crippen LogP contribution in [0, 0.1) is 12.7 Å². The summed E-state index contributed by atoms with van der Waals surface area (Å²) in [5.41, 5.74) is 4.66. The quantitative estimate of drug-likeness (QED) is 0.649. The lowest BCUT2D eigenvalue weighted by Crippen LogP contribution is -2.03. The topological polar surface area (TPSA) is 46.5 Å². The van der Waals surface area contributed by atoms with E-state index >= 15 is 0 Å². The largest absolute Gasteiger partial charge is 0.489 e. The second-order valence-corrected chi connectivity index (χ2v) is 7.26. The smallest absolute Gasteiger partial charge is 0.303 e. The van der Waals surface area contributed by atoms with Crippen LogP contribution in [0.25, 0.3) is 5.57 Å². The lowest BCUT2D eigenvalue weighted by Gasteiger charge is -2.12. The Morgan fingerprint density at radius 2 is 2.04 bits per heavy atom. The predicted octanol–water partition coefficient (Wildman–Crippen LogP) is 5.82. The van der Waals surface area contributed by atoms with E-state index in [-0.39, 0.29) is 12.2 Å². The number of allylic oxidation sites excluding steroid dienone is 1. The average Bonchev–Trinajstić information content (AvgIpc) is 3.09. The van der Waals surface area contributed by atoms with Crippen LogP contribution in [0.2, 0.25) is 5.02 Å².